The molecule has 6 heteroatoms. The Bertz CT molecular complexity index is 558. The van der Waals surface area contributed by atoms with Crippen molar-refractivity contribution < 1.29 is 4.79 Å². The molecule has 0 radical (unpaired) electrons. The Labute approximate surface area is 117 Å². The second-order valence-corrected chi connectivity index (χ2v) is 4.98. The van der Waals surface area contributed by atoms with Crippen molar-refractivity contribution in [2.45, 2.75) is 12.8 Å². The molecule has 2 aromatic rings. The second-order valence-electron chi connectivity index (χ2n) is 4.98. The fraction of sp³-hybridized carbons (Fsp3) is 0.357. The van der Waals surface area contributed by atoms with E-state index in [1.165, 1.54) is 4.80 Å². The van der Waals surface area contributed by atoms with E-state index in [1.807, 2.05) is 24.3 Å². The number of rotatable bonds is 4. The van der Waals surface area contributed by atoms with Gasteiger partial charge < -0.3 is 10.6 Å². The van der Waals surface area contributed by atoms with E-state index in [9.17, 15) is 4.79 Å². The van der Waals surface area contributed by atoms with Crippen LogP contribution in [-0.4, -0.2) is 34.0 Å². The van der Waals surface area contributed by atoms with Gasteiger partial charge in [-0.15, -0.1) is 0 Å². The lowest BCUT2D eigenvalue weighted by Crippen LogP contribution is -2.18. The summed E-state index contributed by atoms with van der Waals surface area (Å²) in [5.74, 6) is 0.534. The SMILES string of the molecule is O=C(CC1CCNC1)Nc1ccc(-n2nccn2)cc1. The number of carbonyl (C=O) groups is 1. The highest BCUT2D eigenvalue weighted by Crippen LogP contribution is 2.15. The molecule has 1 saturated heterocycles. The van der Waals surface area contributed by atoms with Gasteiger partial charge in [0.15, 0.2) is 0 Å². The van der Waals surface area contributed by atoms with Gasteiger partial charge in [0.1, 0.15) is 0 Å². The van der Waals surface area contributed by atoms with E-state index in [1.54, 1.807) is 12.4 Å². The molecule has 20 heavy (non-hydrogen) atoms. The molecule has 1 unspecified atom stereocenters. The summed E-state index contributed by atoms with van der Waals surface area (Å²) >= 11 is 0. The van der Waals surface area contributed by atoms with Gasteiger partial charge in [-0.05, 0) is 49.7 Å². The summed E-state index contributed by atoms with van der Waals surface area (Å²) < 4.78 is 0. The van der Waals surface area contributed by atoms with E-state index in [0.29, 0.717) is 12.3 Å². The summed E-state index contributed by atoms with van der Waals surface area (Å²) in [5.41, 5.74) is 1.67. The van der Waals surface area contributed by atoms with Crippen LogP contribution in [0.2, 0.25) is 0 Å². The summed E-state index contributed by atoms with van der Waals surface area (Å²) in [6.45, 7) is 1.96. The number of nitrogens with zero attached hydrogens (tertiary/aromatic N) is 3. The van der Waals surface area contributed by atoms with Crippen molar-refractivity contribution in [3.63, 3.8) is 0 Å². The highest BCUT2D eigenvalue weighted by atomic mass is 16.1. The number of aromatic nitrogens is 3. The van der Waals surface area contributed by atoms with Crippen molar-refractivity contribution in [3.8, 4) is 5.69 Å². The molecule has 3 rings (SSSR count). The average Bonchev–Trinajstić information content (AvgIpc) is 3.12. The number of amides is 1. The summed E-state index contributed by atoms with van der Waals surface area (Å²) in [4.78, 5) is 13.5. The van der Waals surface area contributed by atoms with Gasteiger partial charge >= 0.3 is 0 Å². The van der Waals surface area contributed by atoms with E-state index < -0.39 is 0 Å². The van der Waals surface area contributed by atoms with Crippen LogP contribution in [0.25, 0.3) is 5.69 Å². The zero-order chi connectivity index (χ0) is 13.8. The minimum atomic E-state index is 0.0728. The van der Waals surface area contributed by atoms with E-state index >= 15 is 0 Å². The molecule has 0 bridgehead atoms. The van der Waals surface area contributed by atoms with Gasteiger partial charge in [0, 0.05) is 12.1 Å². The molecular formula is C14H17N5O. The smallest absolute Gasteiger partial charge is 0.224 e. The Morgan fingerprint density at radius 3 is 2.70 bits per heavy atom. The van der Waals surface area contributed by atoms with E-state index in [4.69, 9.17) is 0 Å². The molecule has 1 aromatic carbocycles. The van der Waals surface area contributed by atoms with Gasteiger partial charge in [0.05, 0.1) is 18.1 Å². The lowest BCUT2D eigenvalue weighted by Gasteiger charge is -2.09. The number of carbonyl (C=O) groups excluding carboxylic acids is 1. The molecule has 1 atom stereocenters. The Kier molecular flexibility index (Phi) is 3.73. The molecule has 2 heterocycles. The van der Waals surface area contributed by atoms with Crippen molar-refractivity contribution in [2.75, 3.05) is 18.4 Å². The number of hydrogen-bond acceptors (Lipinski definition) is 4. The Balaban J connectivity index is 1.59. The Morgan fingerprint density at radius 1 is 1.30 bits per heavy atom. The van der Waals surface area contributed by atoms with Gasteiger partial charge in [-0.25, -0.2) is 0 Å². The van der Waals surface area contributed by atoms with Gasteiger partial charge in [-0.1, -0.05) is 0 Å². The van der Waals surface area contributed by atoms with Crippen molar-refractivity contribution in [1.29, 1.82) is 0 Å². The molecule has 6 nitrogen and oxygen atoms in total. The molecule has 1 aromatic heterocycles. The van der Waals surface area contributed by atoms with Gasteiger partial charge in [-0.3, -0.25) is 4.79 Å². The number of nitrogens with one attached hydrogen (secondary N) is 2. The lowest BCUT2D eigenvalue weighted by atomic mass is 10.0. The van der Waals surface area contributed by atoms with Gasteiger partial charge in [0.2, 0.25) is 5.91 Å². The van der Waals surface area contributed by atoms with E-state index in [0.717, 1.165) is 30.9 Å². The fourth-order valence-electron chi connectivity index (χ4n) is 2.39. The third-order valence-electron chi connectivity index (χ3n) is 3.44. The minimum Gasteiger partial charge on any atom is -0.326 e. The molecule has 2 N–H and O–H groups in total. The van der Waals surface area contributed by atoms with Crippen molar-refractivity contribution in [1.82, 2.24) is 20.3 Å². The maximum absolute atomic E-state index is 11.9. The van der Waals surface area contributed by atoms with Crippen molar-refractivity contribution in [2.24, 2.45) is 5.92 Å². The van der Waals surface area contributed by atoms with Crippen LogP contribution in [0, 0.1) is 5.92 Å². The normalized spacial score (nSPS) is 18.1. The van der Waals surface area contributed by atoms with Crippen LogP contribution in [0.15, 0.2) is 36.7 Å². The van der Waals surface area contributed by atoms with Crippen molar-refractivity contribution >= 4 is 11.6 Å². The minimum absolute atomic E-state index is 0.0728. The highest BCUT2D eigenvalue weighted by molar-refractivity contribution is 5.90. The van der Waals surface area contributed by atoms with Crippen LogP contribution >= 0.6 is 0 Å². The largest absolute Gasteiger partial charge is 0.326 e. The Hall–Kier alpha value is -2.21. The van der Waals surface area contributed by atoms with Crippen LogP contribution in [0.3, 0.4) is 0 Å². The third kappa shape index (κ3) is 3.03. The zero-order valence-corrected chi connectivity index (χ0v) is 11.1. The molecule has 1 fully saturated rings. The predicted molar refractivity (Wildman–Crippen MR) is 75.6 cm³/mol. The standard InChI is InChI=1S/C14H17N5O/c20-14(9-11-5-6-15-10-11)18-12-1-3-13(4-2-12)19-16-7-8-17-19/h1-4,7-8,11,15H,5-6,9-10H2,(H,18,20). The van der Waals surface area contributed by atoms with Crippen LogP contribution in [0.1, 0.15) is 12.8 Å². The predicted octanol–water partition coefficient (Wildman–Crippen LogP) is 1.21. The van der Waals surface area contributed by atoms with Crippen molar-refractivity contribution in [3.05, 3.63) is 36.7 Å². The Morgan fingerprint density at radius 2 is 2.05 bits per heavy atom. The second kappa shape index (κ2) is 5.83. The maximum Gasteiger partial charge on any atom is 0.224 e. The van der Waals surface area contributed by atoms with Crippen LogP contribution < -0.4 is 10.6 Å². The molecule has 104 valence electrons. The van der Waals surface area contributed by atoms with E-state index in [-0.39, 0.29) is 5.91 Å². The summed E-state index contributed by atoms with van der Waals surface area (Å²) in [7, 11) is 0. The monoisotopic (exact) mass is 271 g/mol. The number of anilines is 1. The average molecular weight is 271 g/mol. The first-order chi connectivity index (χ1) is 9.81. The summed E-state index contributed by atoms with van der Waals surface area (Å²) in [6.07, 6.45) is 4.92. The van der Waals surface area contributed by atoms with Gasteiger partial charge in [0.25, 0.3) is 0 Å². The first kappa shape index (κ1) is 12.8. The topological polar surface area (TPSA) is 71.8 Å². The molecule has 1 amide bonds. The highest BCUT2D eigenvalue weighted by Gasteiger charge is 2.17. The first-order valence-corrected chi connectivity index (χ1v) is 6.78. The first-order valence-electron chi connectivity index (χ1n) is 6.78. The number of hydrogen-bond donors (Lipinski definition) is 2. The molecule has 0 saturated carbocycles. The van der Waals surface area contributed by atoms with Crippen LogP contribution in [0.5, 0.6) is 0 Å². The molecule has 1 aliphatic rings. The maximum atomic E-state index is 11.9. The van der Waals surface area contributed by atoms with Crippen LogP contribution in [0.4, 0.5) is 5.69 Å². The zero-order valence-electron chi connectivity index (χ0n) is 11.1. The summed E-state index contributed by atoms with van der Waals surface area (Å²) in [6, 6.07) is 7.49. The molecule has 0 aliphatic carbocycles. The molecule has 1 aliphatic heterocycles. The van der Waals surface area contributed by atoms with E-state index in [2.05, 4.69) is 20.8 Å². The third-order valence-corrected chi connectivity index (χ3v) is 3.44. The summed E-state index contributed by atoms with van der Waals surface area (Å²) in [5, 5.41) is 14.3. The molecule has 0 spiro atoms. The number of benzene rings is 1. The van der Waals surface area contributed by atoms with Crippen LogP contribution in [-0.2, 0) is 4.79 Å². The fourth-order valence-corrected chi connectivity index (χ4v) is 2.39. The quantitative estimate of drug-likeness (QED) is 0.876. The van der Waals surface area contributed by atoms with Gasteiger partial charge in [-0.2, -0.15) is 15.0 Å². The molecular weight excluding hydrogens is 254 g/mol. The lowest BCUT2D eigenvalue weighted by molar-refractivity contribution is -0.116.